The van der Waals surface area contributed by atoms with E-state index < -0.39 is 5.97 Å². The van der Waals surface area contributed by atoms with Gasteiger partial charge >= 0.3 is 5.97 Å². The second kappa shape index (κ2) is 6.24. The van der Waals surface area contributed by atoms with Crippen molar-refractivity contribution in [1.82, 2.24) is 0 Å². The number of hydrogen-bond acceptors (Lipinski definition) is 4. The number of carbonyl (C=O) groups is 2. The van der Waals surface area contributed by atoms with Gasteiger partial charge in [0.1, 0.15) is 10.8 Å². The van der Waals surface area contributed by atoms with Crippen molar-refractivity contribution in [3.8, 4) is 5.75 Å². The smallest absolute Gasteiger partial charge is 0.343 e. The first-order valence-corrected chi connectivity index (χ1v) is 7.37. The average molecular weight is 331 g/mol. The van der Waals surface area contributed by atoms with Crippen LogP contribution in [0.25, 0.3) is 0 Å². The quantitative estimate of drug-likeness (QED) is 0.792. The molecule has 0 spiro atoms. The summed E-state index contributed by atoms with van der Waals surface area (Å²) in [7, 11) is 1.27. The molecule has 1 unspecified atom stereocenters. The molecule has 21 heavy (non-hydrogen) atoms. The zero-order chi connectivity index (χ0) is 15.7. The highest BCUT2D eigenvalue weighted by Gasteiger charge is 2.36. The van der Waals surface area contributed by atoms with Gasteiger partial charge in [0.15, 0.2) is 12.4 Å². The molecule has 0 fully saturated rings. The topological polar surface area (TPSA) is 52.6 Å². The molecule has 0 radical (unpaired) electrons. The molecule has 0 saturated heterocycles. The van der Waals surface area contributed by atoms with Crippen molar-refractivity contribution >= 4 is 35.0 Å². The van der Waals surface area contributed by atoms with Gasteiger partial charge in [0, 0.05) is 11.5 Å². The molecule has 0 N–H and O–H groups in total. The van der Waals surface area contributed by atoms with E-state index in [9.17, 15) is 9.59 Å². The van der Waals surface area contributed by atoms with Crippen molar-refractivity contribution in [3.63, 3.8) is 0 Å². The number of benzene rings is 1. The summed E-state index contributed by atoms with van der Waals surface area (Å²) >= 11 is 12.3. The number of ether oxygens (including phenoxy) is 2. The van der Waals surface area contributed by atoms with Gasteiger partial charge in [0.2, 0.25) is 0 Å². The first-order chi connectivity index (χ1) is 9.86. The van der Waals surface area contributed by atoms with Gasteiger partial charge in [0.25, 0.3) is 0 Å². The van der Waals surface area contributed by atoms with E-state index in [1.807, 2.05) is 13.8 Å². The Kier molecular flexibility index (Phi) is 4.79. The Morgan fingerprint density at radius 1 is 1.38 bits per heavy atom. The van der Waals surface area contributed by atoms with Gasteiger partial charge in [-0.05, 0) is 24.0 Å². The van der Waals surface area contributed by atoms with Crippen LogP contribution < -0.4 is 4.74 Å². The van der Waals surface area contributed by atoms with Crippen LogP contribution in [0.2, 0.25) is 10.0 Å². The highest BCUT2D eigenvalue weighted by Crippen LogP contribution is 2.43. The molecule has 0 bridgehead atoms. The molecule has 1 aromatic rings. The minimum Gasteiger partial charge on any atom is -0.480 e. The first kappa shape index (κ1) is 16.1. The Balaban J connectivity index is 2.34. The second-order valence-electron chi connectivity index (χ2n) is 5.32. The van der Waals surface area contributed by atoms with Crippen LogP contribution in [-0.4, -0.2) is 25.5 Å². The molecule has 0 saturated carbocycles. The fourth-order valence-electron chi connectivity index (χ4n) is 2.43. The lowest BCUT2D eigenvalue weighted by Crippen LogP contribution is -2.15. The fraction of sp³-hybridized carbons (Fsp3) is 0.467. The predicted octanol–water partition coefficient (Wildman–Crippen LogP) is 3.56. The number of halogens is 2. The second-order valence-corrected chi connectivity index (χ2v) is 6.08. The SMILES string of the molecule is COC(=O)COc1cc2c(c(Cl)c1Cl)C(=O)C(C(C)C)C2. The molecule has 4 nitrogen and oxygen atoms in total. The van der Waals surface area contributed by atoms with Crippen LogP contribution >= 0.6 is 23.2 Å². The number of hydrogen-bond donors (Lipinski definition) is 0. The Morgan fingerprint density at radius 2 is 2.05 bits per heavy atom. The average Bonchev–Trinajstić information content (AvgIpc) is 2.78. The number of carbonyl (C=O) groups excluding carboxylic acids is 2. The monoisotopic (exact) mass is 330 g/mol. The highest BCUT2D eigenvalue weighted by molar-refractivity contribution is 6.45. The van der Waals surface area contributed by atoms with Gasteiger partial charge < -0.3 is 9.47 Å². The lowest BCUT2D eigenvalue weighted by Gasteiger charge is -2.11. The fourth-order valence-corrected chi connectivity index (χ4v) is 2.95. The maximum Gasteiger partial charge on any atom is 0.343 e. The van der Waals surface area contributed by atoms with Gasteiger partial charge in [-0.15, -0.1) is 0 Å². The van der Waals surface area contributed by atoms with Crippen LogP contribution in [0, 0.1) is 11.8 Å². The molecule has 1 atom stereocenters. The van der Waals surface area contributed by atoms with E-state index in [4.69, 9.17) is 27.9 Å². The zero-order valence-corrected chi connectivity index (χ0v) is 13.5. The molecule has 114 valence electrons. The summed E-state index contributed by atoms with van der Waals surface area (Å²) in [6, 6.07) is 1.69. The van der Waals surface area contributed by atoms with Crippen molar-refractivity contribution in [1.29, 1.82) is 0 Å². The minimum atomic E-state index is -0.515. The number of methoxy groups -OCH3 is 1. The van der Waals surface area contributed by atoms with Crippen LogP contribution in [-0.2, 0) is 16.0 Å². The lowest BCUT2D eigenvalue weighted by atomic mass is 9.92. The van der Waals surface area contributed by atoms with E-state index in [2.05, 4.69) is 4.74 Å². The normalized spacial score (nSPS) is 17.0. The molecule has 1 aliphatic carbocycles. The van der Waals surface area contributed by atoms with Crippen LogP contribution in [0.5, 0.6) is 5.75 Å². The van der Waals surface area contributed by atoms with Crippen molar-refractivity contribution in [2.75, 3.05) is 13.7 Å². The van der Waals surface area contributed by atoms with E-state index in [-0.39, 0.29) is 34.3 Å². The van der Waals surface area contributed by atoms with Gasteiger partial charge in [0.05, 0.1) is 12.1 Å². The summed E-state index contributed by atoms with van der Waals surface area (Å²) in [6.45, 7) is 3.74. The van der Waals surface area contributed by atoms with Crippen LogP contribution in [0.4, 0.5) is 0 Å². The third-order valence-corrected chi connectivity index (χ3v) is 4.51. The maximum absolute atomic E-state index is 12.4. The van der Waals surface area contributed by atoms with Crippen molar-refractivity contribution < 1.29 is 19.1 Å². The van der Waals surface area contributed by atoms with Crippen molar-refractivity contribution in [2.24, 2.45) is 11.8 Å². The summed E-state index contributed by atoms with van der Waals surface area (Å²) in [5, 5.41) is 0.347. The summed E-state index contributed by atoms with van der Waals surface area (Å²) in [4.78, 5) is 23.5. The Labute approximate surface area is 133 Å². The van der Waals surface area contributed by atoms with E-state index >= 15 is 0 Å². The van der Waals surface area contributed by atoms with Crippen LogP contribution in [0.1, 0.15) is 29.8 Å². The molecular formula is C15H16Cl2O4. The Morgan fingerprint density at radius 3 is 2.62 bits per heavy atom. The molecular weight excluding hydrogens is 315 g/mol. The molecule has 6 heteroatoms. The van der Waals surface area contributed by atoms with E-state index in [1.165, 1.54) is 7.11 Å². The Bertz CT molecular complexity index is 596. The molecule has 2 rings (SSSR count). The van der Waals surface area contributed by atoms with Gasteiger partial charge in [-0.2, -0.15) is 0 Å². The zero-order valence-electron chi connectivity index (χ0n) is 12.0. The predicted molar refractivity (Wildman–Crippen MR) is 80.3 cm³/mol. The summed E-state index contributed by atoms with van der Waals surface area (Å²) in [5.41, 5.74) is 1.29. The highest BCUT2D eigenvalue weighted by atomic mass is 35.5. The number of rotatable bonds is 4. The molecule has 1 aliphatic rings. The molecule has 0 heterocycles. The number of fused-ring (bicyclic) bond motifs is 1. The standard InChI is InChI=1S/C15H16Cl2O4/c1-7(2)9-4-8-5-10(21-6-11(18)20-3)13(16)14(17)12(8)15(9)19/h5,7,9H,4,6H2,1-3H3. The molecule has 0 amide bonds. The van der Waals surface area contributed by atoms with Gasteiger partial charge in [-0.1, -0.05) is 37.0 Å². The maximum atomic E-state index is 12.4. The summed E-state index contributed by atoms with van der Waals surface area (Å²) < 4.78 is 9.83. The molecule has 0 aliphatic heterocycles. The largest absolute Gasteiger partial charge is 0.480 e. The molecule has 1 aromatic carbocycles. The van der Waals surface area contributed by atoms with Crippen molar-refractivity contribution in [3.05, 3.63) is 27.2 Å². The van der Waals surface area contributed by atoms with E-state index in [0.717, 1.165) is 5.56 Å². The summed E-state index contributed by atoms with van der Waals surface area (Å²) in [5.74, 6) is -0.0723. The third-order valence-electron chi connectivity index (χ3n) is 3.66. The lowest BCUT2D eigenvalue weighted by molar-refractivity contribution is -0.142. The minimum absolute atomic E-state index is 0.0198. The van der Waals surface area contributed by atoms with Gasteiger partial charge in [-0.3, -0.25) is 4.79 Å². The molecule has 0 aromatic heterocycles. The number of Topliss-reactive ketones (excluding diaryl/α,β-unsaturated/α-hetero) is 1. The Hall–Kier alpha value is -1.26. The van der Waals surface area contributed by atoms with Gasteiger partial charge in [-0.25, -0.2) is 4.79 Å². The first-order valence-electron chi connectivity index (χ1n) is 6.61. The number of ketones is 1. The van der Waals surface area contributed by atoms with E-state index in [1.54, 1.807) is 6.07 Å². The van der Waals surface area contributed by atoms with Crippen molar-refractivity contribution in [2.45, 2.75) is 20.3 Å². The third kappa shape index (κ3) is 3.01. The number of esters is 1. The van der Waals surface area contributed by atoms with E-state index in [0.29, 0.717) is 17.7 Å². The summed E-state index contributed by atoms with van der Waals surface area (Å²) in [6.07, 6.45) is 0.608. The van der Waals surface area contributed by atoms with Crippen LogP contribution in [0.3, 0.4) is 0 Å². The van der Waals surface area contributed by atoms with Crippen LogP contribution in [0.15, 0.2) is 6.07 Å².